The minimum atomic E-state index is -0.746. The maximum Gasteiger partial charge on any atom is 0.271 e. The predicted octanol–water partition coefficient (Wildman–Crippen LogP) is 0.626. The molecule has 0 saturated carbocycles. The van der Waals surface area contributed by atoms with E-state index < -0.39 is 17.9 Å². The standard InChI is InChI=1S/C12H14ClN3O3/c1-7(14-8(2)17)11(18)15-16-12(19)9-5-3-4-6-10(9)13/h3-7H,1-2H3,(H,14,17)(H,15,18)(H,16,19). The molecule has 7 heteroatoms. The maximum absolute atomic E-state index is 11.7. The van der Waals surface area contributed by atoms with E-state index >= 15 is 0 Å². The van der Waals surface area contributed by atoms with Gasteiger partial charge < -0.3 is 5.32 Å². The van der Waals surface area contributed by atoms with Crippen LogP contribution in [0.2, 0.25) is 5.02 Å². The third-order valence-electron chi connectivity index (χ3n) is 2.23. The van der Waals surface area contributed by atoms with Crippen LogP contribution < -0.4 is 16.2 Å². The third kappa shape index (κ3) is 4.59. The molecule has 0 fully saturated rings. The smallest absolute Gasteiger partial charge is 0.271 e. The Balaban J connectivity index is 2.53. The molecular weight excluding hydrogens is 270 g/mol. The van der Waals surface area contributed by atoms with E-state index in [0.29, 0.717) is 0 Å². The average molecular weight is 284 g/mol. The molecule has 0 aliphatic heterocycles. The second-order valence-corrected chi connectivity index (χ2v) is 4.25. The lowest BCUT2D eigenvalue weighted by molar-refractivity contribution is -0.128. The van der Waals surface area contributed by atoms with Gasteiger partial charge in [0, 0.05) is 6.92 Å². The molecule has 0 aliphatic carbocycles. The van der Waals surface area contributed by atoms with E-state index in [1.807, 2.05) is 0 Å². The maximum atomic E-state index is 11.7. The average Bonchev–Trinajstić information content (AvgIpc) is 2.35. The van der Waals surface area contributed by atoms with Crippen molar-refractivity contribution in [3.05, 3.63) is 34.9 Å². The molecule has 3 amide bonds. The van der Waals surface area contributed by atoms with Gasteiger partial charge in [-0.25, -0.2) is 0 Å². The molecule has 6 nitrogen and oxygen atoms in total. The van der Waals surface area contributed by atoms with Crippen molar-refractivity contribution < 1.29 is 14.4 Å². The fourth-order valence-corrected chi connectivity index (χ4v) is 1.53. The first-order chi connectivity index (χ1) is 8.91. The molecule has 0 aliphatic rings. The zero-order valence-corrected chi connectivity index (χ0v) is 11.2. The predicted molar refractivity (Wildman–Crippen MR) is 70.3 cm³/mol. The van der Waals surface area contributed by atoms with Crippen LogP contribution in [0.3, 0.4) is 0 Å². The summed E-state index contributed by atoms with van der Waals surface area (Å²) in [6.45, 7) is 2.80. The Morgan fingerprint density at radius 3 is 2.37 bits per heavy atom. The molecule has 0 aromatic heterocycles. The molecule has 1 aromatic rings. The topological polar surface area (TPSA) is 87.3 Å². The summed E-state index contributed by atoms with van der Waals surface area (Å²) in [5, 5.41) is 2.67. The molecule has 1 rings (SSSR count). The Morgan fingerprint density at radius 1 is 1.16 bits per heavy atom. The molecule has 0 radical (unpaired) electrons. The van der Waals surface area contributed by atoms with Crippen LogP contribution in [0.15, 0.2) is 24.3 Å². The van der Waals surface area contributed by atoms with E-state index in [9.17, 15) is 14.4 Å². The molecule has 3 N–H and O–H groups in total. The number of hydrazine groups is 1. The number of benzene rings is 1. The van der Waals surface area contributed by atoms with Crippen molar-refractivity contribution in [2.24, 2.45) is 0 Å². The SMILES string of the molecule is CC(=O)NC(C)C(=O)NNC(=O)c1ccccc1Cl. The molecule has 0 bridgehead atoms. The minimum absolute atomic E-state index is 0.247. The molecule has 102 valence electrons. The first-order valence-electron chi connectivity index (χ1n) is 5.53. The lowest BCUT2D eigenvalue weighted by Gasteiger charge is -2.13. The number of amides is 3. The molecule has 0 spiro atoms. The number of nitrogens with one attached hydrogen (secondary N) is 3. The zero-order valence-electron chi connectivity index (χ0n) is 10.5. The second-order valence-electron chi connectivity index (χ2n) is 3.85. The van der Waals surface area contributed by atoms with Gasteiger partial charge in [0.05, 0.1) is 10.6 Å². The van der Waals surface area contributed by atoms with Crippen LogP contribution >= 0.6 is 11.6 Å². The van der Waals surface area contributed by atoms with Gasteiger partial charge in [-0.15, -0.1) is 0 Å². The summed E-state index contributed by atoms with van der Waals surface area (Å²) in [4.78, 5) is 34.0. The first kappa shape index (κ1) is 15.0. The Hall–Kier alpha value is -2.08. The summed E-state index contributed by atoms with van der Waals surface area (Å²) >= 11 is 5.84. The van der Waals surface area contributed by atoms with Crippen molar-refractivity contribution in [2.75, 3.05) is 0 Å². The van der Waals surface area contributed by atoms with Crippen LogP contribution in [-0.4, -0.2) is 23.8 Å². The molecule has 19 heavy (non-hydrogen) atoms. The summed E-state index contributed by atoms with van der Waals surface area (Å²) in [5.74, 6) is -1.40. The van der Waals surface area contributed by atoms with Crippen molar-refractivity contribution in [1.82, 2.24) is 16.2 Å². The molecule has 0 saturated heterocycles. The van der Waals surface area contributed by atoms with Crippen molar-refractivity contribution in [3.63, 3.8) is 0 Å². The monoisotopic (exact) mass is 283 g/mol. The van der Waals surface area contributed by atoms with Crippen LogP contribution in [0, 0.1) is 0 Å². The fourth-order valence-electron chi connectivity index (χ4n) is 1.31. The van der Waals surface area contributed by atoms with Gasteiger partial charge in [-0.3, -0.25) is 25.2 Å². The zero-order chi connectivity index (χ0) is 14.4. The number of hydrogen-bond acceptors (Lipinski definition) is 3. The van der Waals surface area contributed by atoms with Gasteiger partial charge in [0.15, 0.2) is 0 Å². The number of halogens is 1. The molecule has 1 aromatic carbocycles. The second kappa shape index (κ2) is 6.75. The van der Waals surface area contributed by atoms with Crippen molar-refractivity contribution >= 4 is 29.3 Å². The van der Waals surface area contributed by atoms with Crippen LogP contribution in [0.1, 0.15) is 24.2 Å². The Morgan fingerprint density at radius 2 is 1.79 bits per heavy atom. The highest BCUT2D eigenvalue weighted by Gasteiger charge is 2.15. The van der Waals surface area contributed by atoms with Gasteiger partial charge in [-0.05, 0) is 19.1 Å². The molecule has 1 unspecified atom stereocenters. The van der Waals surface area contributed by atoms with Gasteiger partial charge in [0.1, 0.15) is 6.04 Å². The summed E-state index contributed by atoms with van der Waals surface area (Å²) in [7, 11) is 0. The van der Waals surface area contributed by atoms with Crippen molar-refractivity contribution in [1.29, 1.82) is 0 Å². The minimum Gasteiger partial charge on any atom is -0.345 e. The highest BCUT2D eigenvalue weighted by Crippen LogP contribution is 2.13. The highest BCUT2D eigenvalue weighted by molar-refractivity contribution is 6.33. The van der Waals surface area contributed by atoms with Gasteiger partial charge in [-0.1, -0.05) is 23.7 Å². The number of carbonyl (C=O) groups excluding carboxylic acids is 3. The van der Waals surface area contributed by atoms with E-state index in [4.69, 9.17) is 11.6 Å². The number of hydrogen-bond donors (Lipinski definition) is 3. The summed E-state index contributed by atoms with van der Waals surface area (Å²) < 4.78 is 0. The van der Waals surface area contributed by atoms with Gasteiger partial charge in [0.2, 0.25) is 5.91 Å². The largest absolute Gasteiger partial charge is 0.345 e. The van der Waals surface area contributed by atoms with Gasteiger partial charge >= 0.3 is 0 Å². The normalized spacial score (nSPS) is 11.3. The molecule has 1 atom stereocenters. The van der Waals surface area contributed by atoms with Crippen LogP contribution in [-0.2, 0) is 9.59 Å². The number of carbonyl (C=O) groups is 3. The summed E-state index contributed by atoms with van der Waals surface area (Å²) in [6, 6.07) is 5.70. The van der Waals surface area contributed by atoms with Crippen LogP contribution in [0.5, 0.6) is 0 Å². The fraction of sp³-hybridized carbons (Fsp3) is 0.250. The quantitative estimate of drug-likeness (QED) is 0.711. The lowest BCUT2D eigenvalue weighted by Crippen LogP contribution is -2.50. The van der Waals surface area contributed by atoms with Gasteiger partial charge in [0.25, 0.3) is 11.8 Å². The van der Waals surface area contributed by atoms with E-state index in [1.165, 1.54) is 19.9 Å². The van der Waals surface area contributed by atoms with Gasteiger partial charge in [-0.2, -0.15) is 0 Å². The van der Waals surface area contributed by atoms with Crippen molar-refractivity contribution in [3.8, 4) is 0 Å². The highest BCUT2D eigenvalue weighted by atomic mass is 35.5. The van der Waals surface area contributed by atoms with E-state index in [1.54, 1.807) is 18.2 Å². The number of rotatable bonds is 3. The molecular formula is C12H14ClN3O3. The third-order valence-corrected chi connectivity index (χ3v) is 2.56. The summed E-state index contributed by atoms with van der Waals surface area (Å²) in [6.07, 6.45) is 0. The molecule has 0 heterocycles. The Labute approximate surface area is 115 Å². The Kier molecular flexibility index (Phi) is 5.32. The Bertz CT molecular complexity index is 505. The van der Waals surface area contributed by atoms with E-state index in [-0.39, 0.29) is 16.5 Å². The first-order valence-corrected chi connectivity index (χ1v) is 5.91. The summed E-state index contributed by atoms with van der Waals surface area (Å²) in [5.41, 5.74) is 4.67. The van der Waals surface area contributed by atoms with Crippen LogP contribution in [0.25, 0.3) is 0 Å². The van der Waals surface area contributed by atoms with Crippen molar-refractivity contribution in [2.45, 2.75) is 19.9 Å². The van der Waals surface area contributed by atoms with E-state index in [2.05, 4.69) is 16.2 Å². The van der Waals surface area contributed by atoms with Crippen LogP contribution in [0.4, 0.5) is 0 Å². The van der Waals surface area contributed by atoms with E-state index in [0.717, 1.165) is 0 Å². The lowest BCUT2D eigenvalue weighted by atomic mass is 10.2.